The number of anilines is 1. The van der Waals surface area contributed by atoms with Crippen LogP contribution in [0.2, 0.25) is 5.02 Å². The number of carbonyl (C=O) groups excluding carboxylic acids is 1. The van der Waals surface area contributed by atoms with Crippen LogP contribution in [-0.4, -0.2) is 12.5 Å². The zero-order valence-electron chi connectivity index (χ0n) is 15.1. The number of nitrogens with one attached hydrogen (secondary N) is 1. The Morgan fingerprint density at radius 3 is 2.73 bits per heavy atom. The molecule has 2 aromatic rings. The van der Waals surface area contributed by atoms with E-state index in [0.29, 0.717) is 28.6 Å². The van der Waals surface area contributed by atoms with E-state index < -0.39 is 5.91 Å². The molecular formula is C21H21ClN2O2. The molecule has 1 amide bonds. The average Bonchev–Trinajstić information content (AvgIpc) is 2.62. The molecule has 0 radical (unpaired) electrons. The van der Waals surface area contributed by atoms with Crippen molar-refractivity contribution in [3.8, 4) is 11.8 Å². The van der Waals surface area contributed by atoms with Gasteiger partial charge in [0.15, 0.2) is 0 Å². The molecule has 0 aliphatic rings. The molecule has 0 saturated heterocycles. The van der Waals surface area contributed by atoms with Crippen molar-refractivity contribution in [3.63, 3.8) is 0 Å². The summed E-state index contributed by atoms with van der Waals surface area (Å²) in [6.45, 7) is 6.49. The molecule has 2 rings (SSSR count). The van der Waals surface area contributed by atoms with E-state index in [2.05, 4.69) is 5.32 Å². The average molecular weight is 369 g/mol. The summed E-state index contributed by atoms with van der Waals surface area (Å²) in [5, 5.41) is 12.6. The third kappa shape index (κ3) is 4.87. The second kappa shape index (κ2) is 9.07. The van der Waals surface area contributed by atoms with E-state index in [1.54, 1.807) is 18.2 Å². The van der Waals surface area contributed by atoms with Gasteiger partial charge >= 0.3 is 0 Å². The van der Waals surface area contributed by atoms with Crippen LogP contribution >= 0.6 is 11.6 Å². The number of hydrogen-bond acceptors (Lipinski definition) is 3. The SMILES string of the molecule is CCCOc1ccc(/C=C(\C#N)C(=O)Nc2cccc(C)c2C)cc1Cl. The first-order valence-electron chi connectivity index (χ1n) is 8.38. The number of nitriles is 1. The number of ether oxygens (including phenoxy) is 1. The van der Waals surface area contributed by atoms with E-state index in [-0.39, 0.29) is 5.57 Å². The molecule has 0 aromatic heterocycles. The lowest BCUT2D eigenvalue weighted by Gasteiger charge is -2.10. The number of halogens is 1. The van der Waals surface area contributed by atoms with Crippen LogP contribution in [0.25, 0.3) is 6.08 Å². The topological polar surface area (TPSA) is 62.1 Å². The van der Waals surface area contributed by atoms with Crippen molar-refractivity contribution in [3.05, 3.63) is 63.7 Å². The van der Waals surface area contributed by atoms with Gasteiger partial charge in [-0.1, -0.05) is 36.7 Å². The van der Waals surface area contributed by atoms with Crippen molar-refractivity contribution in [1.29, 1.82) is 5.26 Å². The zero-order chi connectivity index (χ0) is 19.1. The van der Waals surface area contributed by atoms with Crippen LogP contribution in [0.3, 0.4) is 0 Å². The highest BCUT2D eigenvalue weighted by molar-refractivity contribution is 6.32. The summed E-state index contributed by atoms with van der Waals surface area (Å²) in [6.07, 6.45) is 2.39. The van der Waals surface area contributed by atoms with Crippen LogP contribution in [0.5, 0.6) is 5.75 Å². The maximum atomic E-state index is 12.4. The number of benzene rings is 2. The quantitative estimate of drug-likeness (QED) is 0.556. The summed E-state index contributed by atoms with van der Waals surface area (Å²) in [5.74, 6) is 0.132. The standard InChI is InChI=1S/C21H21ClN2O2/c1-4-10-26-20-9-8-16(12-18(20)22)11-17(13-23)21(25)24-19-7-5-6-14(2)15(19)3/h5-9,11-12H,4,10H2,1-3H3,(H,24,25)/b17-11+. The third-order valence-corrected chi connectivity index (χ3v) is 4.24. The second-order valence-electron chi connectivity index (χ2n) is 5.91. The summed E-state index contributed by atoms with van der Waals surface area (Å²) in [5.41, 5.74) is 3.39. The van der Waals surface area contributed by atoms with Crippen molar-refractivity contribution in [2.24, 2.45) is 0 Å². The minimum Gasteiger partial charge on any atom is -0.492 e. The Morgan fingerprint density at radius 1 is 1.31 bits per heavy atom. The second-order valence-corrected chi connectivity index (χ2v) is 6.32. The number of nitrogens with zero attached hydrogens (tertiary/aromatic N) is 1. The molecule has 1 N–H and O–H groups in total. The van der Waals surface area contributed by atoms with Gasteiger partial charge in [-0.15, -0.1) is 0 Å². The molecule has 4 nitrogen and oxygen atoms in total. The monoisotopic (exact) mass is 368 g/mol. The molecule has 0 bridgehead atoms. The van der Waals surface area contributed by atoms with Crippen LogP contribution < -0.4 is 10.1 Å². The first-order chi connectivity index (χ1) is 12.5. The molecule has 0 spiro atoms. The molecule has 0 aliphatic carbocycles. The Balaban J connectivity index is 2.21. The first-order valence-corrected chi connectivity index (χ1v) is 8.75. The molecule has 0 saturated carbocycles. The molecule has 134 valence electrons. The number of amides is 1. The maximum Gasteiger partial charge on any atom is 0.266 e. The van der Waals surface area contributed by atoms with Crippen molar-refractivity contribution >= 4 is 29.3 Å². The Labute approximate surface area is 159 Å². The minimum absolute atomic E-state index is 0.00389. The molecule has 0 unspecified atom stereocenters. The van der Waals surface area contributed by atoms with Crippen LogP contribution in [0.4, 0.5) is 5.69 Å². The number of hydrogen-bond donors (Lipinski definition) is 1. The maximum absolute atomic E-state index is 12.4. The predicted molar refractivity (Wildman–Crippen MR) is 105 cm³/mol. The summed E-state index contributed by atoms with van der Waals surface area (Å²) in [4.78, 5) is 12.4. The molecular weight excluding hydrogens is 348 g/mol. The fraction of sp³-hybridized carbons (Fsp3) is 0.238. The summed E-state index contributed by atoms with van der Waals surface area (Å²) in [6, 6.07) is 12.8. The van der Waals surface area contributed by atoms with Crippen molar-refractivity contribution < 1.29 is 9.53 Å². The zero-order valence-corrected chi connectivity index (χ0v) is 15.9. The van der Waals surface area contributed by atoms with Crippen molar-refractivity contribution in [2.75, 3.05) is 11.9 Å². The fourth-order valence-electron chi connectivity index (χ4n) is 2.33. The lowest BCUT2D eigenvalue weighted by molar-refractivity contribution is -0.112. The largest absolute Gasteiger partial charge is 0.492 e. The third-order valence-electron chi connectivity index (χ3n) is 3.95. The van der Waals surface area contributed by atoms with Gasteiger partial charge in [-0.05, 0) is 61.2 Å². The fourth-order valence-corrected chi connectivity index (χ4v) is 2.57. The van der Waals surface area contributed by atoms with Gasteiger partial charge in [0.05, 0.1) is 11.6 Å². The van der Waals surface area contributed by atoms with E-state index in [0.717, 1.165) is 17.5 Å². The van der Waals surface area contributed by atoms with E-state index in [1.165, 1.54) is 6.08 Å². The van der Waals surface area contributed by atoms with Gasteiger partial charge in [-0.3, -0.25) is 4.79 Å². The van der Waals surface area contributed by atoms with E-state index in [9.17, 15) is 10.1 Å². The summed E-state index contributed by atoms with van der Waals surface area (Å²) < 4.78 is 5.53. The van der Waals surface area contributed by atoms with Gasteiger partial charge in [0.1, 0.15) is 17.4 Å². The van der Waals surface area contributed by atoms with Gasteiger partial charge in [-0.2, -0.15) is 5.26 Å². The normalized spacial score (nSPS) is 11.0. The van der Waals surface area contributed by atoms with Gasteiger partial charge in [0.25, 0.3) is 5.91 Å². The van der Waals surface area contributed by atoms with Crippen LogP contribution in [0.1, 0.15) is 30.0 Å². The van der Waals surface area contributed by atoms with Crippen LogP contribution in [0.15, 0.2) is 42.0 Å². The highest BCUT2D eigenvalue weighted by atomic mass is 35.5. The molecule has 26 heavy (non-hydrogen) atoms. The molecule has 0 atom stereocenters. The van der Waals surface area contributed by atoms with Crippen LogP contribution in [0, 0.1) is 25.2 Å². The van der Waals surface area contributed by atoms with Gasteiger partial charge in [-0.25, -0.2) is 0 Å². The lowest BCUT2D eigenvalue weighted by atomic mass is 10.1. The Bertz CT molecular complexity index is 882. The van der Waals surface area contributed by atoms with Crippen molar-refractivity contribution in [2.45, 2.75) is 27.2 Å². The van der Waals surface area contributed by atoms with Gasteiger partial charge in [0.2, 0.25) is 0 Å². The smallest absolute Gasteiger partial charge is 0.266 e. The number of carbonyl (C=O) groups is 1. The highest BCUT2D eigenvalue weighted by Gasteiger charge is 2.12. The highest BCUT2D eigenvalue weighted by Crippen LogP contribution is 2.27. The lowest BCUT2D eigenvalue weighted by Crippen LogP contribution is -2.14. The Kier molecular flexibility index (Phi) is 6.82. The minimum atomic E-state index is -0.455. The van der Waals surface area contributed by atoms with E-state index >= 15 is 0 Å². The van der Waals surface area contributed by atoms with Crippen LogP contribution in [-0.2, 0) is 4.79 Å². The van der Waals surface area contributed by atoms with Gasteiger partial charge in [0, 0.05) is 5.69 Å². The Hall–Kier alpha value is -2.77. The van der Waals surface area contributed by atoms with E-state index in [4.69, 9.17) is 16.3 Å². The molecule has 0 heterocycles. The predicted octanol–water partition coefficient (Wildman–Crippen LogP) is 5.29. The van der Waals surface area contributed by atoms with Crippen molar-refractivity contribution in [1.82, 2.24) is 0 Å². The van der Waals surface area contributed by atoms with E-state index in [1.807, 2.05) is 45.0 Å². The molecule has 2 aromatic carbocycles. The first kappa shape index (κ1) is 19.6. The molecule has 5 heteroatoms. The number of aryl methyl sites for hydroxylation is 1. The Morgan fingerprint density at radius 2 is 2.08 bits per heavy atom. The van der Waals surface area contributed by atoms with Gasteiger partial charge < -0.3 is 10.1 Å². The molecule has 0 fully saturated rings. The summed E-state index contributed by atoms with van der Waals surface area (Å²) in [7, 11) is 0. The molecule has 0 aliphatic heterocycles. The summed E-state index contributed by atoms with van der Waals surface area (Å²) >= 11 is 6.20. The number of rotatable bonds is 6.